The van der Waals surface area contributed by atoms with E-state index in [1.54, 1.807) is 0 Å². The van der Waals surface area contributed by atoms with Gasteiger partial charge in [0.05, 0.1) is 0 Å². The highest BCUT2D eigenvalue weighted by atomic mass is 35.5. The number of hydrogen-bond donors (Lipinski definition) is 1. The zero-order valence-corrected chi connectivity index (χ0v) is 13.7. The molecule has 1 aliphatic rings. The first-order valence-electron chi connectivity index (χ1n) is 7.33. The van der Waals surface area contributed by atoms with Crippen LogP contribution in [0.4, 0.5) is 11.4 Å². The molecule has 22 heavy (non-hydrogen) atoms. The quantitative estimate of drug-likeness (QED) is 0.901. The third-order valence-corrected chi connectivity index (χ3v) is 4.45. The Morgan fingerprint density at radius 2 is 1.86 bits per heavy atom. The van der Waals surface area contributed by atoms with E-state index in [-0.39, 0.29) is 11.8 Å². The van der Waals surface area contributed by atoms with Crippen LogP contribution in [-0.2, 0) is 4.79 Å². The van der Waals surface area contributed by atoms with Gasteiger partial charge in [-0.2, -0.15) is 0 Å². The Morgan fingerprint density at radius 1 is 1.14 bits per heavy atom. The molecule has 0 bridgehead atoms. The first-order chi connectivity index (χ1) is 10.5. The van der Waals surface area contributed by atoms with E-state index >= 15 is 0 Å². The van der Waals surface area contributed by atoms with Crippen LogP contribution in [0.5, 0.6) is 0 Å². The molecule has 114 valence electrons. The van der Waals surface area contributed by atoms with Gasteiger partial charge in [-0.3, -0.25) is 4.79 Å². The summed E-state index contributed by atoms with van der Waals surface area (Å²) in [6.07, 6.45) is 0.428. The second-order valence-corrected chi connectivity index (χ2v) is 6.40. The molecule has 0 fully saturated rings. The molecule has 2 aromatic carbocycles. The molecule has 3 nitrogen and oxygen atoms in total. The summed E-state index contributed by atoms with van der Waals surface area (Å²) in [6.45, 7) is 2.01. The highest BCUT2D eigenvalue weighted by Gasteiger charge is 2.28. The molecule has 0 aliphatic carbocycles. The highest BCUT2D eigenvalue weighted by molar-refractivity contribution is 6.31. The molecule has 0 aromatic heterocycles. The minimum absolute atomic E-state index is 0.00747. The van der Waals surface area contributed by atoms with Crippen molar-refractivity contribution in [2.75, 3.05) is 24.3 Å². The lowest BCUT2D eigenvalue weighted by Gasteiger charge is -2.28. The molecular weight excluding hydrogens is 296 g/mol. The van der Waals surface area contributed by atoms with Crippen molar-refractivity contribution in [3.8, 4) is 0 Å². The predicted molar refractivity (Wildman–Crippen MR) is 92.0 cm³/mol. The number of halogens is 1. The number of rotatable bonds is 2. The second kappa shape index (κ2) is 5.65. The highest BCUT2D eigenvalue weighted by Crippen LogP contribution is 2.41. The molecule has 2 aromatic rings. The molecule has 0 radical (unpaired) electrons. The van der Waals surface area contributed by atoms with Crippen LogP contribution in [0.2, 0.25) is 5.02 Å². The van der Waals surface area contributed by atoms with Crippen molar-refractivity contribution in [3.63, 3.8) is 0 Å². The number of aryl methyl sites for hydroxylation is 1. The summed E-state index contributed by atoms with van der Waals surface area (Å²) < 4.78 is 0. The zero-order chi connectivity index (χ0) is 15.9. The maximum absolute atomic E-state index is 12.1. The van der Waals surface area contributed by atoms with Gasteiger partial charge in [0.25, 0.3) is 0 Å². The number of nitrogens with zero attached hydrogens (tertiary/aromatic N) is 1. The van der Waals surface area contributed by atoms with Crippen molar-refractivity contribution in [1.29, 1.82) is 0 Å². The summed E-state index contributed by atoms with van der Waals surface area (Å²) in [6, 6.07) is 12.2. The molecule has 1 aliphatic heterocycles. The fraction of sp³-hybridized carbons (Fsp3) is 0.278. The molecule has 1 N–H and O–H groups in total. The lowest BCUT2D eigenvalue weighted by molar-refractivity contribution is -0.116. The molecule has 0 spiro atoms. The lowest BCUT2D eigenvalue weighted by Crippen LogP contribution is -2.24. The summed E-state index contributed by atoms with van der Waals surface area (Å²) in [7, 11) is 3.97. The van der Waals surface area contributed by atoms with E-state index in [1.165, 1.54) is 0 Å². The topological polar surface area (TPSA) is 32.3 Å². The van der Waals surface area contributed by atoms with E-state index in [9.17, 15) is 4.79 Å². The van der Waals surface area contributed by atoms with Crippen molar-refractivity contribution in [1.82, 2.24) is 0 Å². The Balaban J connectivity index is 2.10. The number of nitrogens with one attached hydrogen (secondary N) is 1. The Hall–Kier alpha value is -2.00. The average Bonchev–Trinajstić information content (AvgIpc) is 2.45. The van der Waals surface area contributed by atoms with Gasteiger partial charge >= 0.3 is 0 Å². The van der Waals surface area contributed by atoms with Gasteiger partial charge in [-0.25, -0.2) is 0 Å². The van der Waals surface area contributed by atoms with Crippen LogP contribution in [-0.4, -0.2) is 20.0 Å². The number of carbonyl (C=O) groups is 1. The minimum Gasteiger partial charge on any atom is -0.378 e. The van der Waals surface area contributed by atoms with Gasteiger partial charge in [-0.15, -0.1) is 0 Å². The van der Waals surface area contributed by atoms with Crippen LogP contribution in [0.15, 0.2) is 36.4 Å². The van der Waals surface area contributed by atoms with Crippen LogP contribution in [0, 0.1) is 6.92 Å². The van der Waals surface area contributed by atoms with Crippen LogP contribution in [0.1, 0.15) is 29.0 Å². The van der Waals surface area contributed by atoms with E-state index in [0.717, 1.165) is 33.1 Å². The first-order valence-corrected chi connectivity index (χ1v) is 7.70. The van der Waals surface area contributed by atoms with Gasteiger partial charge < -0.3 is 10.2 Å². The summed E-state index contributed by atoms with van der Waals surface area (Å²) in [4.78, 5) is 14.1. The minimum atomic E-state index is 0.00747. The van der Waals surface area contributed by atoms with Crippen LogP contribution in [0.3, 0.4) is 0 Å². The number of amides is 1. The maximum atomic E-state index is 12.1. The van der Waals surface area contributed by atoms with E-state index in [2.05, 4.69) is 17.4 Å². The average molecular weight is 315 g/mol. The normalized spacial score (nSPS) is 16.9. The van der Waals surface area contributed by atoms with Gasteiger partial charge in [0.1, 0.15) is 0 Å². The second-order valence-electron chi connectivity index (χ2n) is 6.00. The van der Waals surface area contributed by atoms with Gasteiger partial charge in [-0.05, 0) is 41.8 Å². The van der Waals surface area contributed by atoms with Crippen molar-refractivity contribution in [2.45, 2.75) is 19.3 Å². The lowest BCUT2D eigenvalue weighted by atomic mass is 9.84. The van der Waals surface area contributed by atoms with Gasteiger partial charge in [0, 0.05) is 42.8 Å². The molecule has 1 amide bonds. The number of anilines is 2. The number of carbonyl (C=O) groups excluding carboxylic acids is 1. The SMILES string of the molecule is Cc1ccc(C2CC(=O)Nc3cc(N(C)C)ccc32)c(Cl)c1. The van der Waals surface area contributed by atoms with Crippen molar-refractivity contribution < 1.29 is 4.79 Å². The third kappa shape index (κ3) is 2.69. The Bertz CT molecular complexity index is 740. The van der Waals surface area contributed by atoms with E-state index in [0.29, 0.717) is 6.42 Å². The number of benzene rings is 2. The summed E-state index contributed by atoms with van der Waals surface area (Å²) in [5, 5.41) is 3.70. The molecular formula is C18H19ClN2O. The fourth-order valence-corrected chi connectivity index (χ4v) is 3.29. The summed E-state index contributed by atoms with van der Waals surface area (Å²) in [5.74, 6) is 0.0399. The van der Waals surface area contributed by atoms with E-state index in [4.69, 9.17) is 11.6 Å². The van der Waals surface area contributed by atoms with Crippen LogP contribution < -0.4 is 10.2 Å². The van der Waals surface area contributed by atoms with Gasteiger partial charge in [0.2, 0.25) is 5.91 Å². The number of fused-ring (bicyclic) bond motifs is 1. The van der Waals surface area contributed by atoms with Crippen molar-refractivity contribution >= 4 is 28.9 Å². The molecule has 1 heterocycles. The van der Waals surface area contributed by atoms with Crippen LogP contribution >= 0.6 is 11.6 Å². The van der Waals surface area contributed by atoms with Crippen LogP contribution in [0.25, 0.3) is 0 Å². The van der Waals surface area contributed by atoms with E-state index < -0.39 is 0 Å². The Morgan fingerprint density at radius 3 is 2.55 bits per heavy atom. The summed E-state index contributed by atoms with van der Waals surface area (Å²) in [5.41, 5.74) is 5.20. The number of hydrogen-bond acceptors (Lipinski definition) is 2. The molecule has 3 rings (SSSR count). The summed E-state index contributed by atoms with van der Waals surface area (Å²) >= 11 is 6.42. The first kappa shape index (κ1) is 14.9. The monoisotopic (exact) mass is 314 g/mol. The van der Waals surface area contributed by atoms with E-state index in [1.807, 2.05) is 50.2 Å². The largest absolute Gasteiger partial charge is 0.378 e. The Labute approximate surface area is 135 Å². The Kier molecular flexibility index (Phi) is 3.83. The van der Waals surface area contributed by atoms with Gasteiger partial charge in [0.15, 0.2) is 0 Å². The maximum Gasteiger partial charge on any atom is 0.225 e. The molecule has 1 atom stereocenters. The van der Waals surface area contributed by atoms with Crippen molar-refractivity contribution in [3.05, 3.63) is 58.1 Å². The molecule has 4 heteroatoms. The predicted octanol–water partition coefficient (Wildman–Crippen LogP) is 4.19. The zero-order valence-electron chi connectivity index (χ0n) is 13.0. The van der Waals surface area contributed by atoms with Gasteiger partial charge in [-0.1, -0.05) is 29.8 Å². The molecule has 0 saturated heterocycles. The smallest absolute Gasteiger partial charge is 0.225 e. The third-order valence-electron chi connectivity index (χ3n) is 4.12. The standard InChI is InChI=1S/C18H19ClN2O/c1-11-4-6-13(16(19)8-11)15-10-18(22)20-17-9-12(21(2)3)5-7-14(15)17/h4-9,15H,10H2,1-3H3,(H,20,22). The fourth-order valence-electron chi connectivity index (χ4n) is 2.92. The van der Waals surface area contributed by atoms with Crippen molar-refractivity contribution in [2.24, 2.45) is 0 Å². The molecule has 0 saturated carbocycles. The molecule has 1 unspecified atom stereocenters.